The lowest BCUT2D eigenvalue weighted by molar-refractivity contribution is 0.544. The maximum atomic E-state index is 4.83. The van der Waals surface area contributed by atoms with E-state index < -0.39 is 0 Å². The maximum Gasteiger partial charge on any atom is 0.0931 e. The predicted octanol–water partition coefficient (Wildman–Crippen LogP) is 3.89. The van der Waals surface area contributed by atoms with E-state index in [1.54, 1.807) is 0 Å². The summed E-state index contributed by atoms with van der Waals surface area (Å²) in [7, 11) is 0. The van der Waals surface area contributed by atoms with Gasteiger partial charge in [-0.3, -0.25) is 0 Å². The normalized spacial score (nSPS) is 12.4. The van der Waals surface area contributed by atoms with Gasteiger partial charge in [-0.25, -0.2) is 4.98 Å². The number of aromatic nitrogens is 1. The highest BCUT2D eigenvalue weighted by Gasteiger charge is 2.22. The Morgan fingerprint density at radius 3 is 2.41 bits per heavy atom. The van der Waals surface area contributed by atoms with Crippen molar-refractivity contribution in [3.63, 3.8) is 0 Å². The second-order valence-electron chi connectivity index (χ2n) is 5.91. The van der Waals surface area contributed by atoms with Crippen LogP contribution in [0, 0.1) is 0 Å². The monoisotopic (exact) mass is 254 g/mol. The van der Waals surface area contributed by atoms with Crippen molar-refractivity contribution < 1.29 is 0 Å². The second-order valence-corrected chi connectivity index (χ2v) is 7.08. The van der Waals surface area contributed by atoms with Crippen LogP contribution in [0.3, 0.4) is 0 Å². The predicted molar refractivity (Wildman–Crippen MR) is 76.8 cm³/mol. The second kappa shape index (κ2) is 5.96. The van der Waals surface area contributed by atoms with Gasteiger partial charge in [-0.15, -0.1) is 11.3 Å². The van der Waals surface area contributed by atoms with Gasteiger partial charge in [0.1, 0.15) is 0 Å². The number of rotatable bonds is 5. The summed E-state index contributed by atoms with van der Waals surface area (Å²) in [5.74, 6) is 0. The van der Waals surface area contributed by atoms with E-state index in [1.807, 2.05) is 11.3 Å². The molecular weight excluding hydrogens is 228 g/mol. The standard InChI is InChI=1S/C14H26N2S/c1-7-8-12-16-13(14(4,5)6)11(17-12)9-15-10(2)3/h10,15H,7-9H2,1-6H3. The molecule has 98 valence electrons. The molecular formula is C14H26N2S. The topological polar surface area (TPSA) is 24.9 Å². The molecule has 0 spiro atoms. The van der Waals surface area contributed by atoms with Gasteiger partial charge in [0.25, 0.3) is 0 Å². The van der Waals surface area contributed by atoms with E-state index in [1.165, 1.54) is 22.0 Å². The first-order valence-electron chi connectivity index (χ1n) is 6.57. The number of nitrogens with zero attached hydrogens (tertiary/aromatic N) is 1. The van der Waals surface area contributed by atoms with Crippen LogP contribution in [0.2, 0.25) is 0 Å². The van der Waals surface area contributed by atoms with Crippen LogP contribution < -0.4 is 5.32 Å². The Balaban J connectivity index is 2.91. The van der Waals surface area contributed by atoms with Crippen LogP contribution in [0.5, 0.6) is 0 Å². The zero-order valence-corrected chi connectivity index (χ0v) is 12.9. The van der Waals surface area contributed by atoms with Gasteiger partial charge in [-0.2, -0.15) is 0 Å². The summed E-state index contributed by atoms with van der Waals surface area (Å²) in [4.78, 5) is 6.24. The molecule has 1 aromatic rings. The highest BCUT2D eigenvalue weighted by Crippen LogP contribution is 2.30. The molecule has 1 aromatic heterocycles. The van der Waals surface area contributed by atoms with Gasteiger partial charge in [0.15, 0.2) is 0 Å². The molecule has 0 aromatic carbocycles. The van der Waals surface area contributed by atoms with E-state index in [9.17, 15) is 0 Å². The molecule has 3 heteroatoms. The summed E-state index contributed by atoms with van der Waals surface area (Å²) >= 11 is 1.88. The zero-order chi connectivity index (χ0) is 13.1. The quantitative estimate of drug-likeness (QED) is 0.862. The van der Waals surface area contributed by atoms with Crippen molar-refractivity contribution in [2.75, 3.05) is 0 Å². The third-order valence-electron chi connectivity index (χ3n) is 2.59. The van der Waals surface area contributed by atoms with Crippen molar-refractivity contribution in [1.82, 2.24) is 10.3 Å². The Morgan fingerprint density at radius 1 is 1.29 bits per heavy atom. The molecule has 1 rings (SSSR count). The first-order chi connectivity index (χ1) is 7.84. The van der Waals surface area contributed by atoms with Crippen molar-refractivity contribution in [3.05, 3.63) is 15.6 Å². The molecule has 0 aliphatic heterocycles. The molecule has 0 aliphatic carbocycles. The molecule has 2 nitrogen and oxygen atoms in total. The highest BCUT2D eigenvalue weighted by molar-refractivity contribution is 7.11. The smallest absolute Gasteiger partial charge is 0.0931 e. The molecule has 17 heavy (non-hydrogen) atoms. The number of aryl methyl sites for hydroxylation is 1. The molecule has 0 radical (unpaired) electrons. The zero-order valence-electron chi connectivity index (χ0n) is 12.1. The largest absolute Gasteiger partial charge is 0.310 e. The summed E-state index contributed by atoms with van der Waals surface area (Å²) in [6.45, 7) is 14.3. The van der Waals surface area contributed by atoms with E-state index >= 15 is 0 Å². The summed E-state index contributed by atoms with van der Waals surface area (Å²) in [6.07, 6.45) is 2.28. The Hall–Kier alpha value is -0.410. The lowest BCUT2D eigenvalue weighted by atomic mass is 9.91. The van der Waals surface area contributed by atoms with Crippen molar-refractivity contribution >= 4 is 11.3 Å². The van der Waals surface area contributed by atoms with E-state index in [4.69, 9.17) is 4.98 Å². The fourth-order valence-corrected chi connectivity index (χ4v) is 3.06. The molecule has 0 unspecified atom stereocenters. The molecule has 0 saturated carbocycles. The third kappa shape index (κ3) is 4.40. The molecule has 0 amide bonds. The minimum atomic E-state index is 0.149. The number of thiazole rings is 1. The van der Waals surface area contributed by atoms with Crippen LogP contribution in [0.4, 0.5) is 0 Å². The van der Waals surface area contributed by atoms with E-state index in [2.05, 4.69) is 46.9 Å². The van der Waals surface area contributed by atoms with Gasteiger partial charge >= 0.3 is 0 Å². The number of nitrogens with one attached hydrogen (secondary N) is 1. The van der Waals surface area contributed by atoms with Crippen molar-refractivity contribution in [1.29, 1.82) is 0 Å². The van der Waals surface area contributed by atoms with Crippen LogP contribution in [0.25, 0.3) is 0 Å². The average molecular weight is 254 g/mol. The molecule has 1 heterocycles. The van der Waals surface area contributed by atoms with Crippen LogP contribution >= 0.6 is 11.3 Å². The van der Waals surface area contributed by atoms with Gasteiger partial charge < -0.3 is 5.32 Å². The van der Waals surface area contributed by atoms with Crippen LogP contribution in [-0.4, -0.2) is 11.0 Å². The minimum Gasteiger partial charge on any atom is -0.310 e. The molecule has 1 N–H and O–H groups in total. The van der Waals surface area contributed by atoms with Crippen LogP contribution in [0.15, 0.2) is 0 Å². The molecule has 0 aliphatic rings. The Bertz CT molecular complexity index is 348. The number of hydrogen-bond donors (Lipinski definition) is 1. The van der Waals surface area contributed by atoms with Crippen molar-refractivity contribution in [2.24, 2.45) is 0 Å². The fourth-order valence-electron chi connectivity index (χ4n) is 1.72. The molecule has 0 bridgehead atoms. The SMILES string of the molecule is CCCc1nc(C(C)(C)C)c(CNC(C)C)s1. The summed E-state index contributed by atoms with van der Waals surface area (Å²) in [6, 6.07) is 0.527. The maximum absolute atomic E-state index is 4.83. The first-order valence-corrected chi connectivity index (χ1v) is 7.38. The summed E-state index contributed by atoms with van der Waals surface area (Å²) in [5.41, 5.74) is 1.43. The van der Waals surface area contributed by atoms with Gasteiger partial charge in [0.05, 0.1) is 10.7 Å². The van der Waals surface area contributed by atoms with Gasteiger partial charge in [0.2, 0.25) is 0 Å². The summed E-state index contributed by atoms with van der Waals surface area (Å²) in [5, 5.41) is 4.79. The first kappa shape index (κ1) is 14.7. The van der Waals surface area contributed by atoms with Crippen molar-refractivity contribution in [3.8, 4) is 0 Å². The Labute approximate surface area is 110 Å². The van der Waals surface area contributed by atoms with Crippen LogP contribution in [-0.2, 0) is 18.4 Å². The fraction of sp³-hybridized carbons (Fsp3) is 0.786. The van der Waals surface area contributed by atoms with Crippen LogP contribution in [0.1, 0.15) is 63.5 Å². The molecule has 0 saturated heterocycles. The lowest BCUT2D eigenvalue weighted by Gasteiger charge is -2.18. The molecule has 0 atom stereocenters. The van der Waals surface area contributed by atoms with Gasteiger partial charge in [-0.1, -0.05) is 41.5 Å². The van der Waals surface area contributed by atoms with E-state index in [-0.39, 0.29) is 5.41 Å². The van der Waals surface area contributed by atoms with E-state index in [0.29, 0.717) is 6.04 Å². The Kier molecular flexibility index (Phi) is 5.14. The van der Waals surface area contributed by atoms with Gasteiger partial charge in [0, 0.05) is 22.9 Å². The molecule has 0 fully saturated rings. The Morgan fingerprint density at radius 2 is 1.94 bits per heavy atom. The lowest BCUT2D eigenvalue weighted by Crippen LogP contribution is -2.23. The minimum absolute atomic E-state index is 0.149. The average Bonchev–Trinajstić information content (AvgIpc) is 2.58. The number of hydrogen-bond acceptors (Lipinski definition) is 3. The highest BCUT2D eigenvalue weighted by atomic mass is 32.1. The van der Waals surface area contributed by atoms with E-state index in [0.717, 1.165) is 13.0 Å². The van der Waals surface area contributed by atoms with Gasteiger partial charge in [-0.05, 0) is 12.8 Å². The summed E-state index contributed by atoms with van der Waals surface area (Å²) < 4.78 is 0. The third-order valence-corrected chi connectivity index (χ3v) is 3.70. The van der Waals surface area contributed by atoms with Crippen molar-refractivity contribution in [2.45, 2.75) is 72.4 Å².